The highest BCUT2D eigenvalue weighted by Gasteiger charge is 2.09. The van der Waals surface area contributed by atoms with Crippen molar-refractivity contribution in [2.45, 2.75) is 76.9 Å². The quantitative estimate of drug-likeness (QED) is 0.154. The van der Waals surface area contributed by atoms with Crippen LogP contribution in [0.2, 0.25) is 0 Å². The lowest BCUT2D eigenvalue weighted by molar-refractivity contribution is 0.542. The lowest BCUT2D eigenvalue weighted by atomic mass is 10.1. The fraction of sp³-hybridized carbons (Fsp3) is 0.571. The maximum atomic E-state index is 11.4. The number of guanidine groups is 1. The van der Waals surface area contributed by atoms with E-state index in [4.69, 9.17) is 5.14 Å². The van der Waals surface area contributed by atoms with Crippen molar-refractivity contribution in [2.24, 2.45) is 10.1 Å². The number of aryl methyl sites for hydroxylation is 1. The SMILES string of the molecule is CCCCCC(C)NC(=NCc1ccc(S(N)(=O)=O)cc1)NCCn1cnnc1CC.I. The lowest BCUT2D eigenvalue weighted by Gasteiger charge is -2.19. The molecule has 1 heterocycles. The molecule has 1 atom stereocenters. The Morgan fingerprint density at radius 2 is 1.94 bits per heavy atom. The molecule has 0 saturated heterocycles. The van der Waals surface area contributed by atoms with Gasteiger partial charge in [-0.15, -0.1) is 34.2 Å². The molecular formula is C21H36IN7O2S. The van der Waals surface area contributed by atoms with Gasteiger partial charge in [0.25, 0.3) is 0 Å². The molecule has 0 amide bonds. The van der Waals surface area contributed by atoms with E-state index in [2.05, 4.69) is 46.6 Å². The number of nitrogens with zero attached hydrogens (tertiary/aromatic N) is 4. The number of unbranched alkanes of at least 4 members (excludes halogenated alkanes) is 2. The third-order valence-corrected chi connectivity index (χ3v) is 5.88. The second kappa shape index (κ2) is 14.4. The summed E-state index contributed by atoms with van der Waals surface area (Å²) in [4.78, 5) is 4.79. The van der Waals surface area contributed by atoms with Crippen LogP contribution in [-0.2, 0) is 29.5 Å². The van der Waals surface area contributed by atoms with Gasteiger partial charge in [0.05, 0.1) is 11.4 Å². The molecule has 11 heteroatoms. The molecule has 0 saturated carbocycles. The number of benzene rings is 1. The van der Waals surface area contributed by atoms with Crippen LogP contribution in [-0.4, -0.2) is 41.7 Å². The van der Waals surface area contributed by atoms with E-state index >= 15 is 0 Å². The Balaban J connectivity index is 0.00000512. The average molecular weight is 578 g/mol. The third-order valence-electron chi connectivity index (χ3n) is 4.95. The topological polar surface area (TPSA) is 127 Å². The summed E-state index contributed by atoms with van der Waals surface area (Å²) < 4.78 is 24.9. The van der Waals surface area contributed by atoms with Gasteiger partial charge in [0, 0.05) is 25.6 Å². The van der Waals surface area contributed by atoms with Crippen LogP contribution in [0, 0.1) is 0 Å². The lowest BCUT2D eigenvalue weighted by Crippen LogP contribution is -2.43. The summed E-state index contributed by atoms with van der Waals surface area (Å²) in [5.41, 5.74) is 0.902. The zero-order chi connectivity index (χ0) is 22.7. The first kappa shape index (κ1) is 28.3. The van der Waals surface area contributed by atoms with Crippen LogP contribution < -0.4 is 15.8 Å². The van der Waals surface area contributed by atoms with Crippen molar-refractivity contribution in [3.63, 3.8) is 0 Å². The van der Waals surface area contributed by atoms with Gasteiger partial charge in [-0.05, 0) is 31.0 Å². The van der Waals surface area contributed by atoms with Gasteiger partial charge in [-0.1, -0.05) is 45.2 Å². The molecule has 4 N–H and O–H groups in total. The first-order valence-corrected chi connectivity index (χ1v) is 12.4. The molecule has 0 aliphatic carbocycles. The standard InChI is InChI=1S/C21H35N7O2S.HI/c1-4-6-7-8-17(3)26-21(23-13-14-28-16-25-27-20(28)5-2)24-15-18-9-11-19(12-10-18)31(22,29)30;/h9-12,16-17H,4-8,13-15H2,1-3H3,(H2,22,29,30)(H2,23,24,26);1H. The van der Waals surface area contributed by atoms with Crippen molar-refractivity contribution in [1.29, 1.82) is 0 Å². The summed E-state index contributed by atoms with van der Waals surface area (Å²) in [5, 5.41) is 20.1. The van der Waals surface area contributed by atoms with Crippen LogP contribution in [0.4, 0.5) is 0 Å². The second-order valence-electron chi connectivity index (χ2n) is 7.62. The molecule has 2 aromatic rings. The molecule has 1 aromatic heterocycles. The summed E-state index contributed by atoms with van der Waals surface area (Å²) in [6.07, 6.45) is 7.23. The largest absolute Gasteiger partial charge is 0.355 e. The highest BCUT2D eigenvalue weighted by atomic mass is 127. The normalized spacial score (nSPS) is 12.8. The van der Waals surface area contributed by atoms with Gasteiger partial charge in [0.1, 0.15) is 12.2 Å². The van der Waals surface area contributed by atoms with E-state index in [1.54, 1.807) is 18.5 Å². The molecule has 0 radical (unpaired) electrons. The minimum atomic E-state index is -3.69. The Morgan fingerprint density at radius 1 is 1.22 bits per heavy atom. The van der Waals surface area contributed by atoms with Crippen molar-refractivity contribution >= 4 is 40.0 Å². The number of sulfonamides is 1. The van der Waals surface area contributed by atoms with Crippen LogP contribution >= 0.6 is 24.0 Å². The first-order valence-electron chi connectivity index (χ1n) is 10.9. The first-order chi connectivity index (χ1) is 14.8. The van der Waals surface area contributed by atoms with Crippen LogP contribution in [0.3, 0.4) is 0 Å². The molecule has 32 heavy (non-hydrogen) atoms. The molecule has 1 unspecified atom stereocenters. The molecule has 180 valence electrons. The van der Waals surface area contributed by atoms with Gasteiger partial charge in [-0.25, -0.2) is 18.5 Å². The summed E-state index contributed by atoms with van der Waals surface area (Å²) in [7, 11) is -3.69. The number of rotatable bonds is 12. The number of hydrogen-bond donors (Lipinski definition) is 3. The number of aromatic nitrogens is 3. The van der Waals surface area contributed by atoms with E-state index in [1.807, 2.05) is 4.57 Å². The molecule has 2 rings (SSSR count). The predicted octanol–water partition coefficient (Wildman–Crippen LogP) is 2.81. The van der Waals surface area contributed by atoms with Crippen LogP contribution in [0.1, 0.15) is 57.8 Å². The molecule has 9 nitrogen and oxygen atoms in total. The summed E-state index contributed by atoms with van der Waals surface area (Å²) in [6, 6.07) is 6.77. The minimum Gasteiger partial charge on any atom is -0.355 e. The molecule has 0 aliphatic rings. The number of nitrogens with one attached hydrogen (secondary N) is 2. The maximum absolute atomic E-state index is 11.4. The molecule has 0 spiro atoms. The van der Waals surface area contributed by atoms with E-state index in [9.17, 15) is 8.42 Å². The maximum Gasteiger partial charge on any atom is 0.238 e. The summed E-state index contributed by atoms with van der Waals surface area (Å²) >= 11 is 0. The Morgan fingerprint density at radius 3 is 2.56 bits per heavy atom. The van der Waals surface area contributed by atoms with Gasteiger partial charge in [-0.2, -0.15) is 0 Å². The fourth-order valence-electron chi connectivity index (χ4n) is 3.15. The Bertz CT molecular complexity index is 930. The van der Waals surface area contributed by atoms with E-state index < -0.39 is 10.0 Å². The summed E-state index contributed by atoms with van der Waals surface area (Å²) in [5.74, 6) is 1.68. The molecule has 0 bridgehead atoms. The highest BCUT2D eigenvalue weighted by Crippen LogP contribution is 2.10. The summed E-state index contributed by atoms with van der Waals surface area (Å²) in [6.45, 7) is 8.26. The average Bonchev–Trinajstić information content (AvgIpc) is 3.19. The fourth-order valence-corrected chi connectivity index (χ4v) is 3.66. The van der Waals surface area contributed by atoms with E-state index in [-0.39, 0.29) is 28.9 Å². The second-order valence-corrected chi connectivity index (χ2v) is 9.18. The molecule has 0 aliphatic heterocycles. The van der Waals surface area contributed by atoms with Crippen molar-refractivity contribution < 1.29 is 8.42 Å². The zero-order valence-corrected chi connectivity index (χ0v) is 22.3. The molecule has 0 fully saturated rings. The van der Waals surface area contributed by atoms with Gasteiger partial charge in [-0.3, -0.25) is 0 Å². The van der Waals surface area contributed by atoms with Crippen molar-refractivity contribution in [3.8, 4) is 0 Å². The van der Waals surface area contributed by atoms with Crippen molar-refractivity contribution in [3.05, 3.63) is 42.0 Å². The van der Waals surface area contributed by atoms with Gasteiger partial charge in [0.15, 0.2) is 5.96 Å². The Kier molecular flexibility index (Phi) is 12.8. The van der Waals surface area contributed by atoms with Crippen LogP contribution in [0.15, 0.2) is 40.5 Å². The number of halogens is 1. The Hall–Kier alpha value is -1.73. The highest BCUT2D eigenvalue weighted by molar-refractivity contribution is 14.0. The smallest absolute Gasteiger partial charge is 0.238 e. The van der Waals surface area contributed by atoms with Gasteiger partial charge < -0.3 is 15.2 Å². The van der Waals surface area contributed by atoms with Crippen molar-refractivity contribution in [1.82, 2.24) is 25.4 Å². The van der Waals surface area contributed by atoms with E-state index in [0.29, 0.717) is 19.1 Å². The van der Waals surface area contributed by atoms with Gasteiger partial charge >= 0.3 is 0 Å². The van der Waals surface area contributed by atoms with Gasteiger partial charge in [0.2, 0.25) is 10.0 Å². The van der Waals surface area contributed by atoms with Crippen molar-refractivity contribution in [2.75, 3.05) is 6.54 Å². The Labute approximate surface area is 208 Å². The van der Waals surface area contributed by atoms with E-state index in [0.717, 1.165) is 36.7 Å². The predicted molar refractivity (Wildman–Crippen MR) is 139 cm³/mol. The number of nitrogens with two attached hydrogens (primary N) is 1. The number of aliphatic imine (C=N–C) groups is 1. The number of hydrogen-bond acceptors (Lipinski definition) is 5. The van der Waals surface area contributed by atoms with Crippen LogP contribution in [0.5, 0.6) is 0 Å². The third kappa shape index (κ3) is 9.82. The van der Waals surface area contributed by atoms with E-state index in [1.165, 1.54) is 31.4 Å². The molecular weight excluding hydrogens is 541 g/mol. The monoisotopic (exact) mass is 577 g/mol. The minimum absolute atomic E-state index is 0. The van der Waals surface area contributed by atoms with Crippen LogP contribution in [0.25, 0.3) is 0 Å². The molecule has 1 aromatic carbocycles. The number of primary sulfonamides is 1. The zero-order valence-electron chi connectivity index (χ0n) is 19.1.